The number of carboxylic acid groups (broad SMARTS) is 1. The molecule has 0 saturated heterocycles. The number of nitrogens with zero attached hydrogens (tertiary/aromatic N) is 1. The summed E-state index contributed by atoms with van der Waals surface area (Å²) in [5.74, 6) is -0.942. The summed E-state index contributed by atoms with van der Waals surface area (Å²) in [6.07, 6.45) is 6.18. The number of aromatic nitrogens is 1. The van der Waals surface area contributed by atoms with Gasteiger partial charge in [-0.2, -0.15) is 4.57 Å². The molecule has 1 heterocycles. The Labute approximate surface area is 70.6 Å². The molecule has 3 heteroatoms. The molecule has 0 radical (unpaired) electrons. The Hall–Kier alpha value is -1.64. The molecule has 0 aromatic carbocycles. The second-order valence-electron chi connectivity index (χ2n) is 2.48. The number of rotatable bonds is 2. The van der Waals surface area contributed by atoms with Crippen molar-refractivity contribution in [2.45, 2.75) is 6.92 Å². The summed E-state index contributed by atoms with van der Waals surface area (Å²) in [6.45, 7) is 1.98. The molecule has 0 spiro atoms. The Bertz CT molecular complexity index is 301. The maximum atomic E-state index is 10.1. The minimum Gasteiger partial charge on any atom is -0.478 e. The smallest absolute Gasteiger partial charge is 0.334 e. The van der Waals surface area contributed by atoms with E-state index in [-0.39, 0.29) is 0 Å². The van der Waals surface area contributed by atoms with E-state index in [1.54, 1.807) is 17.0 Å². The summed E-state index contributed by atoms with van der Waals surface area (Å²) in [7, 11) is 0. The molecule has 0 aliphatic carbocycles. The summed E-state index contributed by atoms with van der Waals surface area (Å²) in [4.78, 5) is 10.1. The van der Waals surface area contributed by atoms with E-state index in [1.807, 2.05) is 19.1 Å². The quantitative estimate of drug-likeness (QED) is 0.519. The van der Waals surface area contributed by atoms with Crippen LogP contribution in [0.4, 0.5) is 0 Å². The van der Waals surface area contributed by atoms with Gasteiger partial charge in [0.1, 0.15) is 0 Å². The van der Waals surface area contributed by atoms with Gasteiger partial charge in [-0.25, -0.2) is 4.79 Å². The van der Waals surface area contributed by atoms with Gasteiger partial charge in [-0.05, 0) is 12.5 Å². The molecular formula is C9H10NO2+. The molecule has 0 unspecified atom stereocenters. The molecule has 0 bridgehead atoms. The van der Waals surface area contributed by atoms with Crippen molar-refractivity contribution in [1.82, 2.24) is 0 Å². The average Bonchev–Trinajstić information content (AvgIpc) is 2.03. The van der Waals surface area contributed by atoms with Gasteiger partial charge in [0, 0.05) is 12.1 Å². The summed E-state index contributed by atoms with van der Waals surface area (Å²) in [6, 6.07) is 3.82. The molecule has 3 nitrogen and oxygen atoms in total. The Morgan fingerprint density at radius 1 is 1.50 bits per heavy atom. The monoisotopic (exact) mass is 164 g/mol. The van der Waals surface area contributed by atoms with Gasteiger partial charge in [0.15, 0.2) is 18.6 Å². The minimum absolute atomic E-state index is 0.942. The van der Waals surface area contributed by atoms with Gasteiger partial charge in [0.05, 0.1) is 6.08 Å². The minimum atomic E-state index is -0.942. The molecule has 12 heavy (non-hydrogen) atoms. The Kier molecular flexibility index (Phi) is 2.58. The average molecular weight is 164 g/mol. The lowest BCUT2D eigenvalue weighted by molar-refractivity contribution is -0.568. The topological polar surface area (TPSA) is 41.2 Å². The highest BCUT2D eigenvalue weighted by atomic mass is 16.4. The van der Waals surface area contributed by atoms with E-state index in [0.717, 1.165) is 11.6 Å². The number of pyridine rings is 1. The van der Waals surface area contributed by atoms with Gasteiger partial charge in [0.2, 0.25) is 0 Å². The fraction of sp³-hybridized carbons (Fsp3) is 0.111. The van der Waals surface area contributed by atoms with Gasteiger partial charge in [-0.15, -0.1) is 0 Å². The van der Waals surface area contributed by atoms with Gasteiger partial charge < -0.3 is 5.11 Å². The molecule has 1 aromatic heterocycles. The van der Waals surface area contributed by atoms with E-state index in [4.69, 9.17) is 5.11 Å². The third-order valence-electron chi connectivity index (χ3n) is 1.41. The van der Waals surface area contributed by atoms with Crippen molar-refractivity contribution in [2.24, 2.45) is 0 Å². The van der Waals surface area contributed by atoms with Crippen molar-refractivity contribution in [3.8, 4) is 0 Å². The van der Waals surface area contributed by atoms with Crippen molar-refractivity contribution in [3.05, 3.63) is 36.2 Å². The van der Waals surface area contributed by atoms with Crippen LogP contribution in [0.2, 0.25) is 0 Å². The summed E-state index contributed by atoms with van der Waals surface area (Å²) < 4.78 is 1.68. The number of carbonyl (C=O) groups is 1. The van der Waals surface area contributed by atoms with Crippen molar-refractivity contribution in [1.29, 1.82) is 0 Å². The number of aryl methyl sites for hydroxylation is 1. The maximum Gasteiger partial charge on any atom is 0.334 e. The van der Waals surface area contributed by atoms with Crippen molar-refractivity contribution >= 4 is 12.2 Å². The lowest BCUT2D eigenvalue weighted by atomic mass is 10.3. The Morgan fingerprint density at radius 3 is 2.58 bits per heavy atom. The molecular weight excluding hydrogens is 154 g/mol. The molecule has 0 saturated carbocycles. The first kappa shape index (κ1) is 8.46. The van der Waals surface area contributed by atoms with Crippen LogP contribution in [0.25, 0.3) is 6.20 Å². The van der Waals surface area contributed by atoms with E-state index in [1.165, 1.54) is 6.20 Å². The van der Waals surface area contributed by atoms with Crippen LogP contribution in [0.1, 0.15) is 5.56 Å². The second kappa shape index (κ2) is 3.67. The van der Waals surface area contributed by atoms with Gasteiger partial charge in [-0.1, -0.05) is 0 Å². The van der Waals surface area contributed by atoms with Crippen LogP contribution < -0.4 is 4.57 Å². The largest absolute Gasteiger partial charge is 0.478 e. The van der Waals surface area contributed by atoms with Crippen molar-refractivity contribution in [3.63, 3.8) is 0 Å². The van der Waals surface area contributed by atoms with E-state index in [2.05, 4.69) is 0 Å². The zero-order valence-electron chi connectivity index (χ0n) is 6.77. The molecule has 0 aliphatic heterocycles. The van der Waals surface area contributed by atoms with Crippen LogP contribution in [0.3, 0.4) is 0 Å². The molecule has 0 amide bonds. The van der Waals surface area contributed by atoms with E-state index < -0.39 is 5.97 Å². The van der Waals surface area contributed by atoms with Crippen molar-refractivity contribution < 1.29 is 14.5 Å². The molecule has 0 fully saturated rings. The van der Waals surface area contributed by atoms with Crippen molar-refractivity contribution in [2.75, 3.05) is 0 Å². The first-order valence-electron chi connectivity index (χ1n) is 3.57. The fourth-order valence-electron chi connectivity index (χ4n) is 0.762. The normalized spacial score (nSPS) is 10.4. The molecule has 0 aliphatic rings. The number of aliphatic carboxylic acids is 1. The van der Waals surface area contributed by atoms with Gasteiger partial charge >= 0.3 is 5.97 Å². The fourth-order valence-corrected chi connectivity index (χ4v) is 0.762. The lowest BCUT2D eigenvalue weighted by Crippen LogP contribution is -2.24. The lowest BCUT2D eigenvalue weighted by Gasteiger charge is -1.87. The summed E-state index contributed by atoms with van der Waals surface area (Å²) >= 11 is 0. The highest BCUT2D eigenvalue weighted by Crippen LogP contribution is 1.89. The molecule has 1 aromatic rings. The van der Waals surface area contributed by atoms with Crippen LogP contribution in [0.15, 0.2) is 30.6 Å². The molecule has 1 rings (SSSR count). The van der Waals surface area contributed by atoms with Gasteiger partial charge in [0.25, 0.3) is 0 Å². The third kappa shape index (κ3) is 2.54. The van der Waals surface area contributed by atoms with E-state index >= 15 is 0 Å². The standard InChI is InChI=1S/C9H9NO2/c1-8-2-5-10(6-3-8)7-4-9(11)12/h2-7H,1H3/p+1/b7-4+. The molecule has 1 N–H and O–H groups in total. The highest BCUT2D eigenvalue weighted by Gasteiger charge is 1.94. The molecule has 62 valence electrons. The Balaban J connectivity index is 2.77. The number of carboxylic acids is 1. The van der Waals surface area contributed by atoms with E-state index in [0.29, 0.717) is 0 Å². The third-order valence-corrected chi connectivity index (χ3v) is 1.41. The van der Waals surface area contributed by atoms with E-state index in [9.17, 15) is 4.79 Å². The zero-order valence-corrected chi connectivity index (χ0v) is 6.77. The highest BCUT2D eigenvalue weighted by molar-refractivity contribution is 5.82. The van der Waals surface area contributed by atoms with Crippen LogP contribution in [-0.4, -0.2) is 11.1 Å². The summed E-state index contributed by atoms with van der Waals surface area (Å²) in [5.41, 5.74) is 1.15. The SMILES string of the molecule is Cc1cc[n+](/C=C/C(=O)O)cc1. The number of hydrogen-bond donors (Lipinski definition) is 1. The number of hydrogen-bond acceptors (Lipinski definition) is 1. The van der Waals surface area contributed by atoms with Gasteiger partial charge in [-0.3, -0.25) is 0 Å². The van der Waals surface area contributed by atoms with Crippen LogP contribution in [0.5, 0.6) is 0 Å². The summed E-state index contributed by atoms with van der Waals surface area (Å²) in [5, 5.41) is 8.33. The predicted octanol–water partition coefficient (Wildman–Crippen LogP) is 0.838. The molecule has 0 atom stereocenters. The maximum absolute atomic E-state index is 10.1. The Morgan fingerprint density at radius 2 is 2.08 bits per heavy atom. The first-order valence-corrected chi connectivity index (χ1v) is 3.57. The van der Waals surface area contributed by atoms with Crippen LogP contribution in [0, 0.1) is 6.92 Å². The predicted molar refractivity (Wildman–Crippen MR) is 44.3 cm³/mol. The van der Waals surface area contributed by atoms with Crippen LogP contribution in [-0.2, 0) is 4.79 Å². The first-order chi connectivity index (χ1) is 5.68. The van der Waals surface area contributed by atoms with Crippen LogP contribution >= 0.6 is 0 Å². The zero-order chi connectivity index (χ0) is 8.97. The second-order valence-corrected chi connectivity index (χ2v) is 2.48.